The second-order valence-corrected chi connectivity index (χ2v) is 7.31. The molecular formula is C24H24N2O4. The van der Waals surface area contributed by atoms with Crippen LogP contribution in [0.5, 0.6) is 17.2 Å². The highest BCUT2D eigenvalue weighted by Crippen LogP contribution is 2.49. The van der Waals surface area contributed by atoms with E-state index in [0.717, 1.165) is 45.6 Å². The number of hydrogen-bond acceptors (Lipinski definition) is 6. The van der Waals surface area contributed by atoms with Crippen molar-refractivity contribution in [2.45, 2.75) is 26.1 Å². The van der Waals surface area contributed by atoms with Crippen LogP contribution in [0.15, 0.2) is 65.1 Å². The largest absolute Gasteiger partial charge is 0.497 e. The Kier molecular flexibility index (Phi) is 4.64. The lowest BCUT2D eigenvalue weighted by molar-refractivity contribution is -0.0347. The molecule has 0 aliphatic carbocycles. The predicted molar refractivity (Wildman–Crippen MR) is 113 cm³/mol. The maximum absolute atomic E-state index is 6.51. The molecule has 0 bridgehead atoms. The maximum atomic E-state index is 6.51. The van der Waals surface area contributed by atoms with E-state index in [4.69, 9.17) is 18.6 Å². The monoisotopic (exact) mass is 404 g/mol. The van der Waals surface area contributed by atoms with Crippen molar-refractivity contribution in [2.75, 3.05) is 13.7 Å². The van der Waals surface area contributed by atoms with Gasteiger partial charge in [-0.15, -0.1) is 0 Å². The molecule has 0 amide bonds. The lowest BCUT2D eigenvalue weighted by Gasteiger charge is -2.39. The van der Waals surface area contributed by atoms with Crippen LogP contribution in [0.25, 0.3) is 5.70 Å². The average Bonchev–Trinajstić information content (AvgIpc) is 3.40. The van der Waals surface area contributed by atoms with Crippen molar-refractivity contribution >= 4 is 5.70 Å². The number of aryl methyl sites for hydroxylation is 1. The van der Waals surface area contributed by atoms with E-state index in [1.165, 1.54) is 0 Å². The molecule has 2 aromatic carbocycles. The van der Waals surface area contributed by atoms with Gasteiger partial charge in [0.2, 0.25) is 0 Å². The van der Waals surface area contributed by atoms with Gasteiger partial charge in [0, 0.05) is 11.1 Å². The summed E-state index contributed by atoms with van der Waals surface area (Å²) < 4.78 is 23.5. The Morgan fingerprint density at radius 1 is 1.07 bits per heavy atom. The lowest BCUT2D eigenvalue weighted by Crippen LogP contribution is -2.43. The summed E-state index contributed by atoms with van der Waals surface area (Å²) in [5, 5.41) is 2.10. The number of hydrazine groups is 1. The molecule has 0 saturated heterocycles. The number of rotatable bonds is 5. The predicted octanol–water partition coefficient (Wildman–Crippen LogP) is 4.99. The number of nitrogens with one attached hydrogen (secondary N) is 1. The summed E-state index contributed by atoms with van der Waals surface area (Å²) in [5.41, 5.74) is 6.48. The molecule has 2 aliphatic heterocycles. The fourth-order valence-electron chi connectivity index (χ4n) is 3.97. The number of furan rings is 1. The number of hydrogen-bond donors (Lipinski definition) is 1. The van der Waals surface area contributed by atoms with Gasteiger partial charge in [0.1, 0.15) is 11.5 Å². The van der Waals surface area contributed by atoms with E-state index in [0.29, 0.717) is 6.61 Å². The molecule has 0 spiro atoms. The highest BCUT2D eigenvalue weighted by Gasteiger charge is 2.41. The average molecular weight is 404 g/mol. The van der Waals surface area contributed by atoms with Crippen LogP contribution in [0.2, 0.25) is 0 Å². The third-order valence-corrected chi connectivity index (χ3v) is 5.39. The first-order chi connectivity index (χ1) is 14.7. The van der Waals surface area contributed by atoms with Gasteiger partial charge in [-0.2, -0.15) is 5.01 Å². The molecule has 0 fully saturated rings. The Morgan fingerprint density at radius 2 is 1.90 bits per heavy atom. The number of ether oxygens (including phenoxy) is 3. The highest BCUT2D eigenvalue weighted by atomic mass is 16.5. The van der Waals surface area contributed by atoms with Crippen molar-refractivity contribution in [1.29, 1.82) is 0 Å². The minimum absolute atomic E-state index is 0.0262. The van der Waals surface area contributed by atoms with Gasteiger partial charge in [-0.25, -0.2) is 0 Å². The SMILES string of the molecule is CCOc1cccc2c1OC(c1ccc(OC)cc1)N1NC(c3ccc(C)o3)=CC21. The third kappa shape index (κ3) is 3.09. The minimum Gasteiger partial charge on any atom is -0.497 e. The van der Waals surface area contributed by atoms with Crippen molar-refractivity contribution < 1.29 is 18.6 Å². The van der Waals surface area contributed by atoms with Crippen molar-refractivity contribution in [3.63, 3.8) is 0 Å². The van der Waals surface area contributed by atoms with E-state index in [-0.39, 0.29) is 12.3 Å². The first-order valence-electron chi connectivity index (χ1n) is 10.1. The minimum atomic E-state index is -0.347. The summed E-state index contributed by atoms with van der Waals surface area (Å²) in [6.07, 6.45) is 1.83. The summed E-state index contributed by atoms with van der Waals surface area (Å²) >= 11 is 0. The zero-order valence-electron chi connectivity index (χ0n) is 17.2. The number of nitrogens with zero attached hydrogens (tertiary/aromatic N) is 1. The van der Waals surface area contributed by atoms with Crippen molar-refractivity contribution in [3.8, 4) is 17.2 Å². The maximum Gasteiger partial charge on any atom is 0.196 e. The summed E-state index contributed by atoms with van der Waals surface area (Å²) in [4.78, 5) is 0. The van der Waals surface area contributed by atoms with Gasteiger partial charge < -0.3 is 24.1 Å². The van der Waals surface area contributed by atoms with Crippen molar-refractivity contribution in [2.24, 2.45) is 0 Å². The number of para-hydroxylation sites is 1. The molecule has 2 unspecified atom stereocenters. The molecule has 2 aliphatic rings. The van der Waals surface area contributed by atoms with Crippen LogP contribution >= 0.6 is 0 Å². The lowest BCUT2D eigenvalue weighted by atomic mass is 10.0. The molecule has 3 heterocycles. The molecule has 154 valence electrons. The van der Waals surface area contributed by atoms with Gasteiger partial charge >= 0.3 is 0 Å². The van der Waals surface area contributed by atoms with Crippen LogP contribution in [0.3, 0.4) is 0 Å². The van der Waals surface area contributed by atoms with E-state index >= 15 is 0 Å². The Balaban J connectivity index is 1.59. The molecular weight excluding hydrogens is 380 g/mol. The Labute approximate surface area is 175 Å². The normalized spacial score (nSPS) is 19.9. The summed E-state index contributed by atoms with van der Waals surface area (Å²) in [7, 11) is 1.66. The third-order valence-electron chi connectivity index (χ3n) is 5.39. The first kappa shape index (κ1) is 18.6. The molecule has 5 rings (SSSR count). The van der Waals surface area contributed by atoms with Gasteiger partial charge in [0.15, 0.2) is 23.5 Å². The van der Waals surface area contributed by atoms with Gasteiger partial charge in [-0.1, -0.05) is 24.3 Å². The quantitative estimate of drug-likeness (QED) is 0.647. The Morgan fingerprint density at radius 3 is 2.60 bits per heavy atom. The van der Waals surface area contributed by atoms with Gasteiger partial charge in [0.05, 0.1) is 25.5 Å². The second-order valence-electron chi connectivity index (χ2n) is 7.31. The van der Waals surface area contributed by atoms with Crippen LogP contribution in [-0.2, 0) is 0 Å². The highest BCUT2D eigenvalue weighted by molar-refractivity contribution is 5.65. The van der Waals surface area contributed by atoms with Crippen LogP contribution in [0.4, 0.5) is 0 Å². The van der Waals surface area contributed by atoms with E-state index < -0.39 is 0 Å². The van der Waals surface area contributed by atoms with Gasteiger partial charge in [0.25, 0.3) is 0 Å². The molecule has 0 saturated carbocycles. The molecule has 6 nitrogen and oxygen atoms in total. The Bertz CT molecular complexity index is 1090. The van der Waals surface area contributed by atoms with Crippen LogP contribution < -0.4 is 19.6 Å². The topological polar surface area (TPSA) is 56.1 Å². The summed E-state index contributed by atoms with van der Waals surface area (Å²) in [5.74, 6) is 4.01. The molecule has 1 aromatic heterocycles. The first-order valence-corrected chi connectivity index (χ1v) is 10.1. The molecule has 0 radical (unpaired) electrons. The molecule has 30 heavy (non-hydrogen) atoms. The second kappa shape index (κ2) is 7.46. The Hall–Kier alpha value is -3.38. The summed E-state index contributed by atoms with van der Waals surface area (Å²) in [6.45, 7) is 4.50. The van der Waals surface area contributed by atoms with Crippen LogP contribution in [0, 0.1) is 6.92 Å². The van der Waals surface area contributed by atoms with E-state index in [9.17, 15) is 0 Å². The van der Waals surface area contributed by atoms with Gasteiger partial charge in [-0.3, -0.25) is 0 Å². The smallest absolute Gasteiger partial charge is 0.196 e. The standard InChI is InChI=1S/C24H24N2O4/c1-4-28-22-7-5-6-18-20-14-19(21-13-8-15(2)29-21)25-26(20)24(30-23(18)22)16-9-11-17(27-3)12-10-16/h5-14,20,24-25H,4H2,1-3H3. The molecule has 2 atom stereocenters. The van der Waals surface area contributed by atoms with Crippen LogP contribution in [-0.4, -0.2) is 18.7 Å². The number of fused-ring (bicyclic) bond motifs is 3. The summed E-state index contributed by atoms with van der Waals surface area (Å²) in [6, 6.07) is 17.9. The van der Waals surface area contributed by atoms with E-state index in [2.05, 4.69) is 22.6 Å². The molecule has 1 N–H and O–H groups in total. The van der Waals surface area contributed by atoms with Crippen LogP contribution in [0.1, 0.15) is 41.8 Å². The zero-order chi connectivity index (χ0) is 20.7. The fraction of sp³-hybridized carbons (Fsp3) is 0.250. The molecule has 3 aromatic rings. The van der Waals surface area contributed by atoms with E-state index in [1.54, 1.807) is 7.11 Å². The van der Waals surface area contributed by atoms with Crippen molar-refractivity contribution in [3.05, 3.63) is 83.3 Å². The number of benzene rings is 2. The fourth-order valence-corrected chi connectivity index (χ4v) is 3.97. The molecule has 6 heteroatoms. The van der Waals surface area contributed by atoms with E-state index in [1.807, 2.05) is 62.4 Å². The zero-order valence-corrected chi connectivity index (χ0v) is 17.2. The van der Waals surface area contributed by atoms with Crippen molar-refractivity contribution in [1.82, 2.24) is 10.4 Å². The number of methoxy groups -OCH3 is 1. The van der Waals surface area contributed by atoms with Gasteiger partial charge in [-0.05, 0) is 50.3 Å².